The maximum Gasteiger partial charge on any atom is 0.307 e. The molecule has 2 rings (SSSR count). The number of nitrogens with zero attached hydrogens (tertiary/aromatic N) is 1. The molecule has 3 nitrogen and oxygen atoms in total. The Balaban J connectivity index is 2.10. The minimum atomic E-state index is -0.677. The molecule has 0 saturated carbocycles. The molecule has 1 aliphatic heterocycles. The van der Waals surface area contributed by atoms with E-state index in [0.717, 1.165) is 24.4 Å². The molecular formula is C14H18ClNO2. The van der Waals surface area contributed by atoms with Gasteiger partial charge in [0.25, 0.3) is 0 Å². The first-order valence-electron chi connectivity index (χ1n) is 6.34. The van der Waals surface area contributed by atoms with Crippen molar-refractivity contribution < 1.29 is 9.90 Å². The van der Waals surface area contributed by atoms with Crippen LogP contribution in [0.4, 0.5) is 0 Å². The first-order valence-corrected chi connectivity index (χ1v) is 6.72. The van der Waals surface area contributed by atoms with Crippen LogP contribution in [-0.4, -0.2) is 29.1 Å². The Hall–Kier alpha value is -1.06. The van der Waals surface area contributed by atoms with E-state index < -0.39 is 5.97 Å². The Bertz CT molecular complexity index is 418. The second kappa shape index (κ2) is 5.72. The minimum Gasteiger partial charge on any atom is -0.481 e. The van der Waals surface area contributed by atoms with Gasteiger partial charge in [-0.05, 0) is 37.1 Å². The van der Waals surface area contributed by atoms with Crippen molar-refractivity contribution in [3.63, 3.8) is 0 Å². The number of hydrogen-bond donors (Lipinski definition) is 1. The van der Waals surface area contributed by atoms with Gasteiger partial charge in [0.1, 0.15) is 0 Å². The molecular weight excluding hydrogens is 250 g/mol. The quantitative estimate of drug-likeness (QED) is 0.911. The summed E-state index contributed by atoms with van der Waals surface area (Å²) in [5, 5.41) is 9.78. The summed E-state index contributed by atoms with van der Waals surface area (Å²) in [6.07, 6.45) is 1.73. The number of rotatable bonds is 4. The summed E-state index contributed by atoms with van der Waals surface area (Å²) < 4.78 is 0. The zero-order valence-corrected chi connectivity index (χ0v) is 11.2. The van der Waals surface area contributed by atoms with Gasteiger partial charge in [-0.25, -0.2) is 0 Å². The number of carboxylic acid groups (broad SMARTS) is 1. The number of likely N-dealkylation sites (tertiary alicyclic amines) is 1. The van der Waals surface area contributed by atoms with Crippen molar-refractivity contribution in [1.29, 1.82) is 0 Å². The van der Waals surface area contributed by atoms with Crippen LogP contribution in [0.3, 0.4) is 0 Å². The molecule has 0 radical (unpaired) electrons. The highest BCUT2D eigenvalue weighted by Gasteiger charge is 2.31. The van der Waals surface area contributed by atoms with Crippen LogP contribution in [0.2, 0.25) is 5.02 Å². The summed E-state index contributed by atoms with van der Waals surface area (Å²) in [6.45, 7) is 3.64. The minimum absolute atomic E-state index is 0.216. The molecule has 0 unspecified atom stereocenters. The fourth-order valence-electron chi connectivity index (χ4n) is 2.66. The molecule has 0 aromatic heterocycles. The van der Waals surface area contributed by atoms with Gasteiger partial charge in [0.15, 0.2) is 0 Å². The zero-order chi connectivity index (χ0) is 13.1. The van der Waals surface area contributed by atoms with Gasteiger partial charge in [0, 0.05) is 17.6 Å². The SMILES string of the molecule is CC[C@H](c1ccc(Cl)cc1)N1CC[C@@H](C(=O)O)C1. The predicted molar refractivity (Wildman–Crippen MR) is 71.8 cm³/mol. The van der Waals surface area contributed by atoms with Gasteiger partial charge in [-0.1, -0.05) is 30.7 Å². The molecule has 0 bridgehead atoms. The lowest BCUT2D eigenvalue weighted by atomic mass is 10.0. The summed E-state index contributed by atoms with van der Waals surface area (Å²) >= 11 is 5.89. The molecule has 1 aromatic carbocycles. The van der Waals surface area contributed by atoms with Gasteiger partial charge in [0.2, 0.25) is 0 Å². The van der Waals surface area contributed by atoms with Crippen LogP contribution in [0, 0.1) is 5.92 Å². The van der Waals surface area contributed by atoms with Crippen molar-refractivity contribution in [3.05, 3.63) is 34.9 Å². The maximum atomic E-state index is 11.0. The third-order valence-electron chi connectivity index (χ3n) is 3.65. The van der Waals surface area contributed by atoms with Crippen LogP contribution < -0.4 is 0 Å². The van der Waals surface area contributed by atoms with E-state index in [9.17, 15) is 4.79 Å². The number of hydrogen-bond acceptors (Lipinski definition) is 2. The van der Waals surface area contributed by atoms with Crippen molar-refractivity contribution in [2.45, 2.75) is 25.8 Å². The van der Waals surface area contributed by atoms with Gasteiger partial charge in [-0.3, -0.25) is 9.69 Å². The maximum absolute atomic E-state index is 11.0. The molecule has 1 heterocycles. The first kappa shape index (κ1) is 13.4. The molecule has 0 spiro atoms. The van der Waals surface area contributed by atoms with Gasteiger partial charge in [0.05, 0.1) is 5.92 Å². The highest BCUT2D eigenvalue weighted by atomic mass is 35.5. The van der Waals surface area contributed by atoms with Crippen LogP contribution >= 0.6 is 11.6 Å². The lowest BCUT2D eigenvalue weighted by Crippen LogP contribution is -2.27. The molecule has 1 saturated heterocycles. The second-order valence-electron chi connectivity index (χ2n) is 4.79. The summed E-state index contributed by atoms with van der Waals surface area (Å²) in [7, 11) is 0. The molecule has 1 aromatic rings. The number of benzene rings is 1. The van der Waals surface area contributed by atoms with Gasteiger partial charge >= 0.3 is 5.97 Å². The van der Waals surface area contributed by atoms with E-state index in [4.69, 9.17) is 16.7 Å². The number of carbonyl (C=O) groups is 1. The van der Waals surface area contributed by atoms with E-state index >= 15 is 0 Å². The van der Waals surface area contributed by atoms with E-state index in [1.165, 1.54) is 5.56 Å². The van der Waals surface area contributed by atoms with Crippen LogP contribution in [0.25, 0.3) is 0 Å². The Morgan fingerprint density at radius 2 is 2.17 bits per heavy atom. The van der Waals surface area contributed by atoms with E-state index in [1.54, 1.807) is 0 Å². The summed E-state index contributed by atoms with van der Waals surface area (Å²) in [5.41, 5.74) is 1.22. The van der Waals surface area contributed by atoms with Gasteiger partial charge < -0.3 is 5.11 Å². The average molecular weight is 268 g/mol. The van der Waals surface area contributed by atoms with Crippen LogP contribution in [0.1, 0.15) is 31.4 Å². The highest BCUT2D eigenvalue weighted by Crippen LogP contribution is 2.30. The first-order chi connectivity index (χ1) is 8.61. The van der Waals surface area contributed by atoms with E-state index in [2.05, 4.69) is 11.8 Å². The van der Waals surface area contributed by atoms with Gasteiger partial charge in [-0.2, -0.15) is 0 Å². The van der Waals surface area contributed by atoms with Crippen LogP contribution in [0.5, 0.6) is 0 Å². The largest absolute Gasteiger partial charge is 0.481 e. The normalized spacial score (nSPS) is 22.0. The number of carboxylic acids is 1. The molecule has 0 aliphatic carbocycles. The fourth-order valence-corrected chi connectivity index (χ4v) is 2.79. The Morgan fingerprint density at radius 1 is 1.50 bits per heavy atom. The van der Waals surface area contributed by atoms with Crippen LogP contribution in [0.15, 0.2) is 24.3 Å². The predicted octanol–water partition coefficient (Wildman–Crippen LogP) is 3.20. The second-order valence-corrected chi connectivity index (χ2v) is 5.23. The standard InChI is InChI=1S/C14H18ClNO2/c1-2-13(10-3-5-12(15)6-4-10)16-8-7-11(9-16)14(17)18/h3-6,11,13H,2,7-9H2,1H3,(H,17,18)/t11-,13-/m1/s1. The smallest absolute Gasteiger partial charge is 0.307 e. The molecule has 98 valence electrons. The van der Waals surface area contributed by atoms with Gasteiger partial charge in [-0.15, -0.1) is 0 Å². The summed E-state index contributed by atoms with van der Waals surface area (Å²) in [5.74, 6) is -0.894. The number of halogens is 1. The lowest BCUT2D eigenvalue weighted by Gasteiger charge is -2.27. The fraction of sp³-hybridized carbons (Fsp3) is 0.500. The lowest BCUT2D eigenvalue weighted by molar-refractivity contribution is -0.141. The topological polar surface area (TPSA) is 40.5 Å². The molecule has 4 heteroatoms. The molecule has 0 amide bonds. The Labute approximate surface area is 112 Å². The summed E-state index contributed by atoms with van der Waals surface area (Å²) in [6, 6.07) is 8.15. The Morgan fingerprint density at radius 3 is 2.67 bits per heavy atom. The molecule has 1 aliphatic rings. The third-order valence-corrected chi connectivity index (χ3v) is 3.90. The molecule has 18 heavy (non-hydrogen) atoms. The van der Waals surface area contributed by atoms with Crippen molar-refractivity contribution in [2.24, 2.45) is 5.92 Å². The number of aliphatic carboxylic acids is 1. The van der Waals surface area contributed by atoms with E-state index in [0.29, 0.717) is 12.6 Å². The van der Waals surface area contributed by atoms with Crippen molar-refractivity contribution in [2.75, 3.05) is 13.1 Å². The Kier molecular flexibility index (Phi) is 4.25. The van der Waals surface area contributed by atoms with Crippen LogP contribution in [-0.2, 0) is 4.79 Å². The zero-order valence-electron chi connectivity index (χ0n) is 10.5. The van der Waals surface area contributed by atoms with Crippen molar-refractivity contribution in [3.8, 4) is 0 Å². The highest BCUT2D eigenvalue weighted by molar-refractivity contribution is 6.30. The molecule has 1 N–H and O–H groups in total. The molecule has 2 atom stereocenters. The van der Waals surface area contributed by atoms with E-state index in [1.807, 2.05) is 24.3 Å². The van der Waals surface area contributed by atoms with Crippen molar-refractivity contribution >= 4 is 17.6 Å². The van der Waals surface area contributed by atoms with E-state index in [-0.39, 0.29) is 5.92 Å². The summed E-state index contributed by atoms with van der Waals surface area (Å²) in [4.78, 5) is 13.3. The third kappa shape index (κ3) is 2.85. The average Bonchev–Trinajstić information content (AvgIpc) is 2.82. The van der Waals surface area contributed by atoms with Crippen molar-refractivity contribution in [1.82, 2.24) is 4.90 Å². The molecule has 1 fully saturated rings. The monoisotopic (exact) mass is 267 g/mol.